The molecule has 1 heterocycles. The van der Waals surface area contributed by atoms with Gasteiger partial charge in [0.15, 0.2) is 0 Å². The third-order valence-corrected chi connectivity index (χ3v) is 6.57. The van der Waals surface area contributed by atoms with Gasteiger partial charge in [0.2, 0.25) is 0 Å². The Bertz CT molecular complexity index is 758. The maximum absolute atomic E-state index is 9.46. The zero-order chi connectivity index (χ0) is 19.9. The second kappa shape index (κ2) is 9.39. The second-order valence-electron chi connectivity index (χ2n) is 8.22. The predicted octanol–water partition coefficient (Wildman–Crippen LogP) is 5.12. The van der Waals surface area contributed by atoms with Gasteiger partial charge in [-0.25, -0.2) is 0 Å². The molecule has 2 nitrogen and oxygen atoms in total. The summed E-state index contributed by atoms with van der Waals surface area (Å²) in [6.07, 6.45) is 3.24. The molecule has 0 unspecified atom stereocenters. The molecule has 3 aromatic carbocycles. The van der Waals surface area contributed by atoms with Crippen molar-refractivity contribution in [1.29, 1.82) is 0 Å². The first-order valence-electron chi connectivity index (χ1n) is 10.8. The summed E-state index contributed by atoms with van der Waals surface area (Å²) in [5, 5.41) is 9.46. The van der Waals surface area contributed by atoms with Gasteiger partial charge in [-0.1, -0.05) is 91.0 Å². The maximum Gasteiger partial charge on any atom is 0.0463 e. The Morgan fingerprint density at radius 2 is 1.10 bits per heavy atom. The highest BCUT2D eigenvalue weighted by atomic mass is 16.3. The lowest BCUT2D eigenvalue weighted by Crippen LogP contribution is -2.39. The van der Waals surface area contributed by atoms with Crippen LogP contribution in [-0.2, 0) is 5.41 Å². The minimum Gasteiger partial charge on any atom is -0.396 e. The van der Waals surface area contributed by atoms with E-state index in [1.165, 1.54) is 16.7 Å². The molecule has 0 radical (unpaired) electrons. The Balaban J connectivity index is 1.72. The van der Waals surface area contributed by atoms with Crippen LogP contribution in [0.15, 0.2) is 91.0 Å². The van der Waals surface area contributed by atoms with Crippen LogP contribution in [0.4, 0.5) is 0 Å². The van der Waals surface area contributed by atoms with E-state index in [1.807, 2.05) is 0 Å². The van der Waals surface area contributed by atoms with E-state index in [4.69, 9.17) is 0 Å². The van der Waals surface area contributed by atoms with Gasteiger partial charge in [-0.15, -0.1) is 0 Å². The van der Waals surface area contributed by atoms with Crippen molar-refractivity contribution in [2.75, 3.05) is 26.2 Å². The molecule has 3 aromatic rings. The molecule has 2 heteroatoms. The van der Waals surface area contributed by atoms with Crippen LogP contribution in [0.3, 0.4) is 0 Å². The van der Waals surface area contributed by atoms with Crippen LogP contribution in [0.2, 0.25) is 0 Å². The Kier molecular flexibility index (Phi) is 6.43. The number of aliphatic hydroxyl groups excluding tert-OH is 1. The Hall–Kier alpha value is -2.42. The summed E-state index contributed by atoms with van der Waals surface area (Å²) in [7, 11) is 0. The van der Waals surface area contributed by atoms with Crippen molar-refractivity contribution in [3.8, 4) is 0 Å². The van der Waals surface area contributed by atoms with Crippen LogP contribution in [0, 0.1) is 5.92 Å². The van der Waals surface area contributed by atoms with E-state index in [1.54, 1.807) is 0 Å². The lowest BCUT2D eigenvalue weighted by molar-refractivity contribution is 0.128. The minimum absolute atomic E-state index is 0.169. The van der Waals surface area contributed by atoms with E-state index in [2.05, 4.69) is 95.9 Å². The van der Waals surface area contributed by atoms with Crippen LogP contribution in [0.5, 0.6) is 0 Å². The average molecular weight is 386 g/mol. The SMILES string of the molecule is OCC1CCN(CCC(c2ccccc2)(c2ccccc2)c2ccccc2)CC1. The molecule has 0 bridgehead atoms. The number of aliphatic hydroxyl groups is 1. The van der Waals surface area contributed by atoms with E-state index >= 15 is 0 Å². The van der Waals surface area contributed by atoms with Crippen molar-refractivity contribution in [3.63, 3.8) is 0 Å². The number of hydrogen-bond acceptors (Lipinski definition) is 2. The summed E-state index contributed by atoms with van der Waals surface area (Å²) in [6.45, 7) is 3.55. The minimum atomic E-state index is -0.169. The Morgan fingerprint density at radius 1 is 0.690 bits per heavy atom. The predicted molar refractivity (Wildman–Crippen MR) is 120 cm³/mol. The van der Waals surface area contributed by atoms with Gasteiger partial charge in [0.05, 0.1) is 0 Å². The summed E-state index contributed by atoms with van der Waals surface area (Å²) in [5.41, 5.74) is 3.88. The monoisotopic (exact) mass is 385 g/mol. The standard InChI is InChI=1S/C27H31NO/c29-22-23-16-19-28(20-17-23)21-18-27(24-10-4-1-5-11-24,25-12-6-2-7-13-25)26-14-8-3-9-15-26/h1-15,23,29H,16-22H2. The molecule has 0 aliphatic carbocycles. The fourth-order valence-corrected chi connectivity index (χ4v) is 4.82. The zero-order valence-corrected chi connectivity index (χ0v) is 17.1. The molecule has 4 rings (SSSR count). The third kappa shape index (κ3) is 4.29. The van der Waals surface area contributed by atoms with E-state index in [0.717, 1.165) is 38.9 Å². The van der Waals surface area contributed by atoms with Crippen molar-refractivity contribution >= 4 is 0 Å². The highest BCUT2D eigenvalue weighted by Crippen LogP contribution is 2.42. The smallest absolute Gasteiger partial charge is 0.0463 e. The fourth-order valence-electron chi connectivity index (χ4n) is 4.82. The molecule has 1 aliphatic rings. The van der Waals surface area contributed by atoms with Crippen LogP contribution >= 0.6 is 0 Å². The zero-order valence-electron chi connectivity index (χ0n) is 17.1. The molecule has 150 valence electrons. The molecular formula is C27H31NO. The summed E-state index contributed by atoms with van der Waals surface area (Å²) in [6, 6.07) is 32.9. The van der Waals surface area contributed by atoms with Crippen LogP contribution in [-0.4, -0.2) is 36.2 Å². The number of nitrogens with zero attached hydrogens (tertiary/aromatic N) is 1. The molecule has 1 saturated heterocycles. The molecule has 0 atom stereocenters. The molecule has 1 fully saturated rings. The van der Waals surface area contributed by atoms with Crippen molar-refractivity contribution in [1.82, 2.24) is 4.90 Å². The van der Waals surface area contributed by atoms with Gasteiger partial charge in [0.25, 0.3) is 0 Å². The summed E-state index contributed by atoms with van der Waals surface area (Å²) in [5.74, 6) is 0.480. The van der Waals surface area contributed by atoms with Crippen molar-refractivity contribution in [2.24, 2.45) is 5.92 Å². The highest BCUT2D eigenvalue weighted by molar-refractivity contribution is 5.50. The quantitative estimate of drug-likeness (QED) is 0.571. The van der Waals surface area contributed by atoms with Gasteiger partial charge < -0.3 is 10.0 Å². The van der Waals surface area contributed by atoms with Gasteiger partial charge in [-0.3, -0.25) is 0 Å². The lowest BCUT2D eigenvalue weighted by Gasteiger charge is -2.39. The molecule has 0 spiro atoms. The third-order valence-electron chi connectivity index (χ3n) is 6.57. The van der Waals surface area contributed by atoms with E-state index in [0.29, 0.717) is 12.5 Å². The van der Waals surface area contributed by atoms with Crippen LogP contribution < -0.4 is 0 Å². The van der Waals surface area contributed by atoms with Crippen LogP contribution in [0.1, 0.15) is 36.0 Å². The molecule has 0 amide bonds. The first-order chi connectivity index (χ1) is 14.3. The average Bonchev–Trinajstić information content (AvgIpc) is 2.82. The van der Waals surface area contributed by atoms with E-state index < -0.39 is 0 Å². The number of hydrogen-bond donors (Lipinski definition) is 1. The first kappa shape index (κ1) is 19.9. The number of rotatable bonds is 7. The molecule has 0 saturated carbocycles. The first-order valence-corrected chi connectivity index (χ1v) is 10.8. The molecule has 29 heavy (non-hydrogen) atoms. The summed E-state index contributed by atoms with van der Waals surface area (Å²) >= 11 is 0. The topological polar surface area (TPSA) is 23.5 Å². The Morgan fingerprint density at radius 3 is 1.48 bits per heavy atom. The van der Waals surface area contributed by atoms with Crippen molar-refractivity contribution in [3.05, 3.63) is 108 Å². The summed E-state index contributed by atoms with van der Waals surface area (Å²) < 4.78 is 0. The van der Waals surface area contributed by atoms with Gasteiger partial charge in [-0.2, -0.15) is 0 Å². The summed E-state index contributed by atoms with van der Waals surface area (Å²) in [4.78, 5) is 2.58. The van der Waals surface area contributed by atoms with E-state index in [-0.39, 0.29) is 5.41 Å². The largest absolute Gasteiger partial charge is 0.396 e. The van der Waals surface area contributed by atoms with Gasteiger partial charge >= 0.3 is 0 Å². The van der Waals surface area contributed by atoms with Gasteiger partial charge in [0, 0.05) is 12.0 Å². The van der Waals surface area contributed by atoms with E-state index in [9.17, 15) is 5.11 Å². The highest BCUT2D eigenvalue weighted by Gasteiger charge is 2.36. The number of piperidine rings is 1. The van der Waals surface area contributed by atoms with Crippen molar-refractivity contribution in [2.45, 2.75) is 24.7 Å². The van der Waals surface area contributed by atoms with Crippen LogP contribution in [0.25, 0.3) is 0 Å². The van der Waals surface area contributed by atoms with Crippen molar-refractivity contribution < 1.29 is 5.11 Å². The normalized spacial score (nSPS) is 16.0. The second-order valence-corrected chi connectivity index (χ2v) is 8.22. The number of likely N-dealkylation sites (tertiary alicyclic amines) is 1. The molecule has 1 aliphatic heterocycles. The number of benzene rings is 3. The molecule has 0 aromatic heterocycles. The van der Waals surface area contributed by atoms with Gasteiger partial charge in [0.1, 0.15) is 0 Å². The Labute approximate surface area is 174 Å². The fraction of sp³-hybridized carbons (Fsp3) is 0.333. The lowest BCUT2D eigenvalue weighted by atomic mass is 9.67. The maximum atomic E-state index is 9.46. The van der Waals surface area contributed by atoms with Gasteiger partial charge in [-0.05, 0) is 61.5 Å². The molecular weight excluding hydrogens is 354 g/mol. The molecule has 1 N–H and O–H groups in total.